The number of halogens is 1. The van der Waals surface area contributed by atoms with Crippen LogP contribution < -0.4 is 0 Å². The van der Waals surface area contributed by atoms with Gasteiger partial charge in [-0.25, -0.2) is 0 Å². The number of hydrogen-bond donors (Lipinski definition) is 2. The van der Waals surface area contributed by atoms with Crippen molar-refractivity contribution in [2.24, 2.45) is 0 Å². The van der Waals surface area contributed by atoms with E-state index in [0.717, 1.165) is 5.56 Å². The van der Waals surface area contributed by atoms with Gasteiger partial charge in [-0.15, -0.1) is 0 Å². The predicted molar refractivity (Wildman–Crippen MR) is 55.6 cm³/mol. The lowest BCUT2D eigenvalue weighted by Gasteiger charge is -2.09. The van der Waals surface area contributed by atoms with Crippen LogP contribution >= 0.6 is 24.2 Å². The van der Waals surface area contributed by atoms with Gasteiger partial charge in [-0.1, -0.05) is 17.7 Å². The fourth-order valence-corrected chi connectivity index (χ4v) is 1.60. The summed E-state index contributed by atoms with van der Waals surface area (Å²) in [6.07, 6.45) is 0. The highest BCUT2D eigenvalue weighted by Gasteiger charge is 2.16. The number of aryl methyl sites for hydroxylation is 1. The van der Waals surface area contributed by atoms with Crippen molar-refractivity contribution in [1.29, 1.82) is 0 Å². The average molecular weight is 217 g/mol. The van der Waals surface area contributed by atoms with Crippen LogP contribution in [-0.4, -0.2) is 11.1 Å². The Morgan fingerprint density at radius 2 is 2.23 bits per heavy atom. The van der Waals surface area contributed by atoms with E-state index in [4.69, 9.17) is 16.7 Å². The highest BCUT2D eigenvalue weighted by Crippen LogP contribution is 2.25. The third kappa shape index (κ3) is 2.39. The molecule has 1 rings (SSSR count). The van der Waals surface area contributed by atoms with Gasteiger partial charge in [-0.2, -0.15) is 12.6 Å². The van der Waals surface area contributed by atoms with Crippen molar-refractivity contribution in [2.45, 2.75) is 12.2 Å². The summed E-state index contributed by atoms with van der Waals surface area (Å²) in [5.74, 6) is -0.950. The Kier molecular flexibility index (Phi) is 3.22. The van der Waals surface area contributed by atoms with E-state index in [9.17, 15) is 4.79 Å². The molecule has 13 heavy (non-hydrogen) atoms. The van der Waals surface area contributed by atoms with Gasteiger partial charge in [0.1, 0.15) is 5.25 Å². The van der Waals surface area contributed by atoms with Crippen molar-refractivity contribution >= 4 is 30.2 Å². The van der Waals surface area contributed by atoms with Gasteiger partial charge in [-0.05, 0) is 30.2 Å². The maximum atomic E-state index is 10.6. The van der Waals surface area contributed by atoms with Crippen molar-refractivity contribution in [3.05, 3.63) is 34.3 Å². The molecular formula is C9H9ClO2S. The van der Waals surface area contributed by atoms with Crippen LogP contribution in [0.5, 0.6) is 0 Å². The highest BCUT2D eigenvalue weighted by molar-refractivity contribution is 7.81. The van der Waals surface area contributed by atoms with Crippen molar-refractivity contribution in [3.8, 4) is 0 Å². The molecule has 0 amide bonds. The largest absolute Gasteiger partial charge is 0.480 e. The van der Waals surface area contributed by atoms with E-state index >= 15 is 0 Å². The molecular weight excluding hydrogens is 208 g/mol. The molecule has 4 heteroatoms. The molecule has 0 saturated carbocycles. The Balaban J connectivity index is 3.08. The molecule has 1 atom stereocenters. The molecule has 0 heterocycles. The SMILES string of the molecule is Cc1cc(Cl)ccc1[C@@H](S)C(=O)O. The smallest absolute Gasteiger partial charge is 0.320 e. The molecule has 0 bridgehead atoms. The summed E-state index contributed by atoms with van der Waals surface area (Å²) in [5.41, 5.74) is 1.52. The topological polar surface area (TPSA) is 37.3 Å². The summed E-state index contributed by atoms with van der Waals surface area (Å²) >= 11 is 9.70. The van der Waals surface area contributed by atoms with E-state index in [0.29, 0.717) is 10.6 Å². The molecule has 0 saturated heterocycles. The summed E-state index contributed by atoms with van der Waals surface area (Å²) in [6, 6.07) is 5.07. The van der Waals surface area contributed by atoms with Gasteiger partial charge in [0.15, 0.2) is 0 Å². The molecule has 1 aromatic rings. The van der Waals surface area contributed by atoms with E-state index in [1.54, 1.807) is 18.2 Å². The lowest BCUT2D eigenvalue weighted by atomic mass is 10.1. The van der Waals surface area contributed by atoms with Gasteiger partial charge in [0.25, 0.3) is 0 Å². The minimum atomic E-state index is -0.950. The Labute approximate surface area is 86.9 Å². The van der Waals surface area contributed by atoms with Gasteiger partial charge in [0, 0.05) is 5.02 Å². The first kappa shape index (κ1) is 10.4. The van der Waals surface area contributed by atoms with E-state index < -0.39 is 11.2 Å². The second-order valence-corrected chi connectivity index (χ2v) is 3.69. The summed E-state index contributed by atoms with van der Waals surface area (Å²) < 4.78 is 0. The molecule has 70 valence electrons. The van der Waals surface area contributed by atoms with Crippen LogP contribution in [0, 0.1) is 6.92 Å². The molecule has 1 N–H and O–H groups in total. The minimum Gasteiger partial charge on any atom is -0.480 e. The molecule has 0 aromatic heterocycles. The van der Waals surface area contributed by atoms with Crippen LogP contribution in [0.2, 0.25) is 5.02 Å². The first-order chi connectivity index (χ1) is 6.02. The van der Waals surface area contributed by atoms with Gasteiger partial charge in [-0.3, -0.25) is 4.79 Å². The normalized spacial score (nSPS) is 12.5. The van der Waals surface area contributed by atoms with E-state index in [1.165, 1.54) is 0 Å². The van der Waals surface area contributed by atoms with Crippen molar-refractivity contribution in [1.82, 2.24) is 0 Å². The predicted octanol–water partition coefficient (Wildman–Crippen LogP) is 2.70. The molecule has 2 nitrogen and oxygen atoms in total. The molecule has 0 aliphatic heterocycles. The second-order valence-electron chi connectivity index (χ2n) is 2.74. The van der Waals surface area contributed by atoms with E-state index in [2.05, 4.69) is 12.6 Å². The molecule has 1 aromatic carbocycles. The standard InChI is InChI=1S/C9H9ClO2S/c1-5-4-6(10)2-3-7(5)8(13)9(11)12/h2-4,8,13H,1H3,(H,11,12)/t8-/m1/s1. The molecule has 0 aliphatic carbocycles. The van der Waals surface area contributed by atoms with Crippen LogP contribution in [0.3, 0.4) is 0 Å². The first-order valence-electron chi connectivity index (χ1n) is 3.69. The zero-order chi connectivity index (χ0) is 10.0. The quantitative estimate of drug-likeness (QED) is 0.746. The summed E-state index contributed by atoms with van der Waals surface area (Å²) in [7, 11) is 0. The van der Waals surface area contributed by atoms with Gasteiger partial charge in [0.05, 0.1) is 0 Å². The monoisotopic (exact) mass is 216 g/mol. The summed E-state index contributed by atoms with van der Waals surface area (Å²) in [6.45, 7) is 1.81. The third-order valence-corrected chi connectivity index (χ3v) is 2.49. The van der Waals surface area contributed by atoms with Gasteiger partial charge < -0.3 is 5.11 Å². The highest BCUT2D eigenvalue weighted by atomic mass is 35.5. The molecule has 0 unspecified atom stereocenters. The fraction of sp³-hybridized carbons (Fsp3) is 0.222. The number of hydrogen-bond acceptors (Lipinski definition) is 2. The maximum Gasteiger partial charge on any atom is 0.320 e. The minimum absolute atomic E-state index is 0.604. The number of thiol groups is 1. The maximum absolute atomic E-state index is 10.6. The van der Waals surface area contributed by atoms with Crippen LogP contribution in [-0.2, 0) is 4.79 Å². The van der Waals surface area contributed by atoms with E-state index in [-0.39, 0.29) is 0 Å². The van der Waals surface area contributed by atoms with Crippen LogP contribution in [0.1, 0.15) is 16.4 Å². The number of aliphatic carboxylic acids is 1. The van der Waals surface area contributed by atoms with Crippen LogP contribution in [0.15, 0.2) is 18.2 Å². The number of benzene rings is 1. The Hall–Kier alpha value is -0.670. The zero-order valence-corrected chi connectivity index (χ0v) is 8.64. The zero-order valence-electron chi connectivity index (χ0n) is 6.99. The van der Waals surface area contributed by atoms with Crippen molar-refractivity contribution in [3.63, 3.8) is 0 Å². The number of carboxylic acid groups (broad SMARTS) is 1. The van der Waals surface area contributed by atoms with Crippen molar-refractivity contribution in [2.75, 3.05) is 0 Å². The molecule has 0 radical (unpaired) electrons. The molecule has 0 fully saturated rings. The number of rotatable bonds is 2. The fourth-order valence-electron chi connectivity index (χ4n) is 1.08. The Bertz CT molecular complexity index is 338. The van der Waals surface area contributed by atoms with Crippen LogP contribution in [0.4, 0.5) is 0 Å². The lowest BCUT2D eigenvalue weighted by molar-refractivity contribution is -0.136. The Morgan fingerprint density at radius 3 is 2.69 bits per heavy atom. The lowest BCUT2D eigenvalue weighted by Crippen LogP contribution is -2.06. The van der Waals surface area contributed by atoms with E-state index in [1.807, 2.05) is 6.92 Å². The van der Waals surface area contributed by atoms with Crippen LogP contribution in [0.25, 0.3) is 0 Å². The van der Waals surface area contributed by atoms with Gasteiger partial charge in [0.2, 0.25) is 0 Å². The third-order valence-electron chi connectivity index (χ3n) is 1.76. The second kappa shape index (κ2) is 4.03. The van der Waals surface area contributed by atoms with Gasteiger partial charge >= 0.3 is 5.97 Å². The van der Waals surface area contributed by atoms with Crippen molar-refractivity contribution < 1.29 is 9.90 Å². The number of carboxylic acids is 1. The molecule has 0 aliphatic rings. The summed E-state index contributed by atoms with van der Waals surface area (Å²) in [4.78, 5) is 10.6. The average Bonchev–Trinajstić information content (AvgIpc) is 2.03. The molecule has 0 spiro atoms. The number of carbonyl (C=O) groups is 1. The Morgan fingerprint density at radius 1 is 1.62 bits per heavy atom. The first-order valence-corrected chi connectivity index (χ1v) is 4.58. The summed E-state index contributed by atoms with van der Waals surface area (Å²) in [5, 5.41) is 8.54.